The number of nitrogens with zero attached hydrogens (tertiary/aromatic N) is 2. The van der Waals surface area contributed by atoms with Crippen LogP contribution in [0.2, 0.25) is 5.02 Å². The number of hydrogen-bond donors (Lipinski definition) is 1. The van der Waals surface area contributed by atoms with E-state index in [4.69, 9.17) is 16.3 Å². The van der Waals surface area contributed by atoms with Crippen molar-refractivity contribution in [2.75, 3.05) is 12.4 Å². The van der Waals surface area contributed by atoms with Crippen molar-refractivity contribution in [1.29, 1.82) is 0 Å². The van der Waals surface area contributed by atoms with Crippen LogP contribution in [-0.4, -0.2) is 23.0 Å². The number of aromatic nitrogens is 2. The first-order valence-electron chi connectivity index (χ1n) is 6.64. The molecule has 5 nitrogen and oxygen atoms in total. The zero-order valence-electron chi connectivity index (χ0n) is 12.0. The number of benzene rings is 2. The summed E-state index contributed by atoms with van der Waals surface area (Å²) in [7, 11) is 1.58. The van der Waals surface area contributed by atoms with E-state index in [0.29, 0.717) is 22.0 Å². The van der Waals surface area contributed by atoms with Crippen molar-refractivity contribution in [3.05, 3.63) is 57.9 Å². The number of methoxy groups -OCH3 is 1. The predicted molar refractivity (Wildman–Crippen MR) is 93.2 cm³/mol. The maximum Gasteiger partial charge on any atom is 0.293 e. The number of nitrogens with one attached hydrogen (secondary N) is 1. The Balaban J connectivity index is 1.85. The van der Waals surface area contributed by atoms with E-state index in [1.807, 2.05) is 0 Å². The van der Waals surface area contributed by atoms with Crippen LogP contribution in [0.5, 0.6) is 5.75 Å². The monoisotopic (exact) mass is 391 g/mol. The molecule has 0 spiro atoms. The van der Waals surface area contributed by atoms with E-state index in [9.17, 15) is 4.79 Å². The normalized spacial score (nSPS) is 10.6. The number of carbonyl (C=O) groups excluding carboxylic acids is 1. The molecule has 0 aliphatic carbocycles. The Morgan fingerprint density at radius 3 is 2.83 bits per heavy atom. The minimum Gasteiger partial charge on any atom is -0.496 e. The van der Waals surface area contributed by atoms with Gasteiger partial charge < -0.3 is 10.1 Å². The molecule has 2 aromatic carbocycles. The van der Waals surface area contributed by atoms with Gasteiger partial charge in [-0.05, 0) is 52.3 Å². The van der Waals surface area contributed by atoms with Gasteiger partial charge in [0.2, 0.25) is 5.82 Å². The SMILES string of the molecule is COc1ccc(NC(=O)c2ncc3cc(Cl)ccc3n2)cc1Br. The molecule has 1 N–H and O–H groups in total. The Labute approximate surface area is 145 Å². The van der Waals surface area contributed by atoms with Crippen molar-refractivity contribution in [2.45, 2.75) is 0 Å². The number of hydrogen-bond acceptors (Lipinski definition) is 4. The summed E-state index contributed by atoms with van der Waals surface area (Å²) in [5, 5.41) is 4.13. The molecular weight excluding hydrogens is 382 g/mol. The Hall–Kier alpha value is -2.18. The molecule has 3 aromatic rings. The largest absolute Gasteiger partial charge is 0.496 e. The summed E-state index contributed by atoms with van der Waals surface area (Å²) >= 11 is 9.29. The highest BCUT2D eigenvalue weighted by atomic mass is 79.9. The molecule has 0 atom stereocenters. The molecule has 0 bridgehead atoms. The average molecular weight is 393 g/mol. The first-order valence-corrected chi connectivity index (χ1v) is 7.81. The molecule has 7 heteroatoms. The van der Waals surface area contributed by atoms with Crippen molar-refractivity contribution < 1.29 is 9.53 Å². The highest BCUT2D eigenvalue weighted by Crippen LogP contribution is 2.27. The standard InChI is InChI=1S/C16H11BrClN3O2/c1-23-14-5-3-11(7-12(14)17)20-16(22)15-19-8-9-6-10(18)2-4-13(9)21-15/h2-8H,1H3,(H,20,22). The molecular formula is C16H11BrClN3O2. The third-order valence-corrected chi connectivity index (χ3v) is 4.01. The summed E-state index contributed by atoms with van der Waals surface area (Å²) < 4.78 is 5.89. The van der Waals surface area contributed by atoms with Crippen molar-refractivity contribution in [2.24, 2.45) is 0 Å². The smallest absolute Gasteiger partial charge is 0.293 e. The summed E-state index contributed by atoms with van der Waals surface area (Å²) in [6.45, 7) is 0. The number of rotatable bonds is 3. The fourth-order valence-electron chi connectivity index (χ4n) is 2.04. The van der Waals surface area contributed by atoms with Gasteiger partial charge in [-0.2, -0.15) is 0 Å². The summed E-state index contributed by atoms with van der Waals surface area (Å²) in [5.41, 5.74) is 1.27. The number of amides is 1. The molecule has 1 heterocycles. The minimum atomic E-state index is -0.390. The molecule has 0 fully saturated rings. The molecule has 116 valence electrons. The lowest BCUT2D eigenvalue weighted by atomic mass is 10.2. The number of anilines is 1. The molecule has 0 aliphatic rings. The third kappa shape index (κ3) is 3.43. The van der Waals surface area contributed by atoms with Crippen LogP contribution in [0.4, 0.5) is 5.69 Å². The maximum atomic E-state index is 12.3. The second-order valence-electron chi connectivity index (χ2n) is 4.70. The summed E-state index contributed by atoms with van der Waals surface area (Å²) in [6, 6.07) is 10.5. The van der Waals surface area contributed by atoms with Gasteiger partial charge in [-0.25, -0.2) is 9.97 Å². The van der Waals surface area contributed by atoms with Crippen LogP contribution in [0, 0.1) is 0 Å². The van der Waals surface area contributed by atoms with E-state index in [2.05, 4.69) is 31.2 Å². The first kappa shape index (κ1) is 15.7. The van der Waals surface area contributed by atoms with Gasteiger partial charge >= 0.3 is 0 Å². The van der Waals surface area contributed by atoms with Crippen LogP contribution in [0.3, 0.4) is 0 Å². The summed E-state index contributed by atoms with van der Waals surface area (Å²) in [6.07, 6.45) is 1.58. The quantitative estimate of drug-likeness (QED) is 0.721. The average Bonchev–Trinajstić information content (AvgIpc) is 2.54. The molecule has 0 saturated heterocycles. The number of carbonyl (C=O) groups is 1. The summed E-state index contributed by atoms with van der Waals surface area (Å²) in [4.78, 5) is 20.6. The zero-order valence-corrected chi connectivity index (χ0v) is 14.4. The molecule has 0 unspecified atom stereocenters. The molecule has 23 heavy (non-hydrogen) atoms. The second kappa shape index (κ2) is 6.52. The van der Waals surface area contributed by atoms with E-state index < -0.39 is 0 Å². The van der Waals surface area contributed by atoms with Crippen molar-refractivity contribution >= 4 is 50.0 Å². The fourth-order valence-corrected chi connectivity index (χ4v) is 2.77. The molecule has 1 amide bonds. The van der Waals surface area contributed by atoms with E-state index in [0.717, 1.165) is 9.86 Å². The maximum absolute atomic E-state index is 12.3. The van der Waals surface area contributed by atoms with E-state index >= 15 is 0 Å². The van der Waals surface area contributed by atoms with Gasteiger partial charge in [-0.15, -0.1) is 0 Å². The van der Waals surface area contributed by atoms with Crippen LogP contribution in [0.1, 0.15) is 10.6 Å². The van der Waals surface area contributed by atoms with Gasteiger partial charge in [0.05, 0.1) is 17.1 Å². The van der Waals surface area contributed by atoms with Crippen LogP contribution >= 0.6 is 27.5 Å². The highest BCUT2D eigenvalue weighted by Gasteiger charge is 2.11. The van der Waals surface area contributed by atoms with Crippen LogP contribution in [-0.2, 0) is 0 Å². The van der Waals surface area contributed by atoms with E-state index in [1.165, 1.54) is 0 Å². The van der Waals surface area contributed by atoms with Crippen LogP contribution in [0.15, 0.2) is 47.1 Å². The van der Waals surface area contributed by atoms with Crippen LogP contribution < -0.4 is 10.1 Å². The van der Waals surface area contributed by atoms with Gasteiger partial charge in [0, 0.05) is 22.3 Å². The van der Waals surface area contributed by atoms with Crippen molar-refractivity contribution in [1.82, 2.24) is 9.97 Å². The third-order valence-electron chi connectivity index (χ3n) is 3.15. The van der Waals surface area contributed by atoms with Gasteiger partial charge in [-0.3, -0.25) is 4.79 Å². The second-order valence-corrected chi connectivity index (χ2v) is 5.99. The molecule has 0 radical (unpaired) electrons. The van der Waals surface area contributed by atoms with Gasteiger partial charge in [-0.1, -0.05) is 11.6 Å². The summed E-state index contributed by atoms with van der Waals surface area (Å²) in [5.74, 6) is 0.382. The number of fused-ring (bicyclic) bond motifs is 1. The van der Waals surface area contributed by atoms with Crippen molar-refractivity contribution in [3.8, 4) is 5.75 Å². The van der Waals surface area contributed by atoms with E-state index in [-0.39, 0.29) is 11.7 Å². The molecule has 1 aromatic heterocycles. The number of ether oxygens (including phenoxy) is 1. The number of halogens is 2. The minimum absolute atomic E-state index is 0.0896. The lowest BCUT2D eigenvalue weighted by molar-refractivity contribution is 0.101. The van der Waals surface area contributed by atoms with Gasteiger partial charge in [0.1, 0.15) is 5.75 Å². The predicted octanol–water partition coefficient (Wildman–Crippen LogP) is 4.31. The Kier molecular flexibility index (Phi) is 4.45. The topological polar surface area (TPSA) is 64.1 Å². The lowest BCUT2D eigenvalue weighted by Gasteiger charge is -2.08. The Morgan fingerprint density at radius 1 is 1.26 bits per heavy atom. The first-order chi connectivity index (χ1) is 11.1. The van der Waals surface area contributed by atoms with Gasteiger partial charge in [0.15, 0.2) is 0 Å². The highest BCUT2D eigenvalue weighted by molar-refractivity contribution is 9.10. The zero-order chi connectivity index (χ0) is 16.4. The Bertz CT molecular complexity index is 902. The van der Waals surface area contributed by atoms with Gasteiger partial charge in [0.25, 0.3) is 5.91 Å². The van der Waals surface area contributed by atoms with Crippen LogP contribution in [0.25, 0.3) is 10.9 Å². The lowest BCUT2D eigenvalue weighted by Crippen LogP contribution is -2.15. The molecule has 3 rings (SSSR count). The van der Waals surface area contributed by atoms with E-state index in [1.54, 1.807) is 49.7 Å². The fraction of sp³-hybridized carbons (Fsp3) is 0.0625. The molecule has 0 aliphatic heterocycles. The Morgan fingerprint density at radius 2 is 2.09 bits per heavy atom. The molecule has 0 saturated carbocycles. The van der Waals surface area contributed by atoms with Crippen molar-refractivity contribution in [3.63, 3.8) is 0 Å².